The van der Waals surface area contributed by atoms with Crippen LogP contribution >= 0.6 is 22.7 Å². The normalized spacial score (nSPS) is 12.3. The fourth-order valence-corrected chi connectivity index (χ4v) is 3.04. The highest BCUT2D eigenvalue weighted by molar-refractivity contribution is 7.10. The largest absolute Gasteiger partial charge is 0.465 e. The third kappa shape index (κ3) is 3.41. The van der Waals surface area contributed by atoms with Crippen LogP contribution in [0.3, 0.4) is 0 Å². The number of carbonyl (C=O) groups is 1. The summed E-state index contributed by atoms with van der Waals surface area (Å²) in [6.07, 6.45) is 0. The maximum Gasteiger partial charge on any atom is 0.328 e. The summed E-state index contributed by atoms with van der Waals surface area (Å²) < 4.78 is 5.11. The zero-order valence-electron chi connectivity index (χ0n) is 10.1. The van der Waals surface area contributed by atoms with Gasteiger partial charge in [-0.05, 0) is 29.8 Å². The summed E-state index contributed by atoms with van der Waals surface area (Å²) in [5.41, 5.74) is 0. The highest BCUT2D eigenvalue weighted by Crippen LogP contribution is 2.21. The Morgan fingerprint density at radius 3 is 2.72 bits per heavy atom. The van der Waals surface area contributed by atoms with Crippen LogP contribution in [0, 0.1) is 0 Å². The molecule has 0 radical (unpaired) electrons. The second kappa shape index (κ2) is 6.68. The monoisotopic (exact) mass is 281 g/mol. The van der Waals surface area contributed by atoms with Crippen LogP contribution in [0.5, 0.6) is 0 Å². The van der Waals surface area contributed by atoms with Gasteiger partial charge in [0, 0.05) is 16.3 Å². The van der Waals surface area contributed by atoms with Crippen molar-refractivity contribution in [1.82, 2.24) is 5.32 Å². The zero-order chi connectivity index (χ0) is 12.8. The Kier molecular flexibility index (Phi) is 4.92. The molecule has 0 aromatic carbocycles. The van der Waals surface area contributed by atoms with E-state index in [1.807, 2.05) is 41.9 Å². The molecule has 0 saturated carbocycles. The van der Waals surface area contributed by atoms with Crippen molar-refractivity contribution in [2.45, 2.75) is 19.5 Å². The molecule has 2 rings (SSSR count). The second-order valence-corrected chi connectivity index (χ2v) is 5.67. The number of thiophene rings is 2. The van der Waals surface area contributed by atoms with E-state index < -0.39 is 0 Å². The van der Waals surface area contributed by atoms with Crippen LogP contribution in [0.4, 0.5) is 0 Å². The Bertz CT molecular complexity index is 465. The van der Waals surface area contributed by atoms with E-state index in [0.717, 1.165) is 4.88 Å². The van der Waals surface area contributed by atoms with Crippen molar-refractivity contribution < 1.29 is 9.53 Å². The molecule has 0 spiro atoms. The van der Waals surface area contributed by atoms with Crippen molar-refractivity contribution in [1.29, 1.82) is 0 Å². The predicted octanol–water partition coefficient (Wildman–Crippen LogP) is 3.20. The lowest BCUT2D eigenvalue weighted by Gasteiger charge is -2.15. The summed E-state index contributed by atoms with van der Waals surface area (Å²) in [4.78, 5) is 14.1. The molecule has 0 fully saturated rings. The number of nitrogens with one attached hydrogen (secondary N) is 1. The van der Waals surface area contributed by atoms with Gasteiger partial charge in [-0.15, -0.1) is 22.7 Å². The topological polar surface area (TPSA) is 38.3 Å². The molecule has 18 heavy (non-hydrogen) atoms. The van der Waals surface area contributed by atoms with Crippen molar-refractivity contribution >= 4 is 28.6 Å². The van der Waals surface area contributed by atoms with Crippen molar-refractivity contribution in [2.75, 3.05) is 6.61 Å². The van der Waals surface area contributed by atoms with Crippen LogP contribution in [-0.4, -0.2) is 12.6 Å². The van der Waals surface area contributed by atoms with Crippen molar-refractivity contribution in [2.24, 2.45) is 0 Å². The van der Waals surface area contributed by atoms with E-state index >= 15 is 0 Å². The summed E-state index contributed by atoms with van der Waals surface area (Å²) in [6.45, 7) is 2.91. The van der Waals surface area contributed by atoms with E-state index in [0.29, 0.717) is 13.2 Å². The summed E-state index contributed by atoms with van der Waals surface area (Å²) in [7, 11) is 0. The molecule has 1 N–H and O–H groups in total. The molecule has 96 valence electrons. The minimum absolute atomic E-state index is 0.212. The molecule has 0 aliphatic rings. The van der Waals surface area contributed by atoms with Crippen LogP contribution in [0.2, 0.25) is 0 Å². The second-order valence-electron chi connectivity index (χ2n) is 3.66. The molecule has 2 heterocycles. The van der Waals surface area contributed by atoms with Gasteiger partial charge in [0.25, 0.3) is 0 Å². The highest BCUT2D eigenvalue weighted by Gasteiger charge is 2.22. The lowest BCUT2D eigenvalue weighted by atomic mass is 10.2. The van der Waals surface area contributed by atoms with Gasteiger partial charge in [0.15, 0.2) is 0 Å². The van der Waals surface area contributed by atoms with Crippen molar-refractivity contribution in [3.05, 3.63) is 44.8 Å². The van der Waals surface area contributed by atoms with Gasteiger partial charge in [-0.3, -0.25) is 5.32 Å². The first-order valence-electron chi connectivity index (χ1n) is 5.77. The van der Waals surface area contributed by atoms with E-state index in [9.17, 15) is 4.79 Å². The molecule has 1 atom stereocenters. The minimum Gasteiger partial charge on any atom is -0.465 e. The molecule has 1 unspecified atom stereocenters. The maximum absolute atomic E-state index is 11.9. The fraction of sp³-hybridized carbons (Fsp3) is 0.308. The number of ether oxygens (including phenoxy) is 1. The smallest absolute Gasteiger partial charge is 0.328 e. The van der Waals surface area contributed by atoms with Gasteiger partial charge in [-0.1, -0.05) is 12.1 Å². The standard InChI is InChI=1S/C13H15NO2S2/c1-2-16-13(15)12(11-6-4-8-18-11)14-9-10-5-3-7-17-10/h3-8,12,14H,2,9H2,1H3. The molecule has 0 aliphatic heterocycles. The Morgan fingerprint density at radius 2 is 2.11 bits per heavy atom. The Morgan fingerprint density at radius 1 is 1.33 bits per heavy atom. The van der Waals surface area contributed by atoms with Gasteiger partial charge in [-0.25, -0.2) is 4.79 Å². The Hall–Kier alpha value is -1.17. The third-order valence-electron chi connectivity index (χ3n) is 2.41. The molecular weight excluding hydrogens is 266 g/mol. The average molecular weight is 281 g/mol. The maximum atomic E-state index is 11.9. The van der Waals surface area contributed by atoms with Crippen LogP contribution < -0.4 is 5.32 Å². The summed E-state index contributed by atoms with van der Waals surface area (Å²) in [5.74, 6) is -0.212. The van der Waals surface area contributed by atoms with Crippen molar-refractivity contribution in [3.8, 4) is 0 Å². The number of carbonyl (C=O) groups excluding carboxylic acids is 1. The van der Waals surface area contributed by atoms with Gasteiger partial charge in [0.05, 0.1) is 6.61 Å². The van der Waals surface area contributed by atoms with Gasteiger partial charge < -0.3 is 4.74 Å². The first-order chi connectivity index (χ1) is 8.81. The molecule has 0 bridgehead atoms. The quantitative estimate of drug-likeness (QED) is 0.826. The van der Waals surface area contributed by atoms with Gasteiger partial charge in [-0.2, -0.15) is 0 Å². The third-order valence-corrected chi connectivity index (χ3v) is 4.22. The summed E-state index contributed by atoms with van der Waals surface area (Å²) >= 11 is 3.24. The highest BCUT2D eigenvalue weighted by atomic mass is 32.1. The Balaban J connectivity index is 2.03. The predicted molar refractivity (Wildman–Crippen MR) is 74.9 cm³/mol. The zero-order valence-corrected chi connectivity index (χ0v) is 11.7. The number of rotatable bonds is 6. The van der Waals surface area contributed by atoms with Crippen LogP contribution in [0.1, 0.15) is 22.7 Å². The molecule has 2 aromatic heterocycles. The van der Waals surface area contributed by atoms with E-state index in [2.05, 4.69) is 5.32 Å². The van der Waals surface area contributed by atoms with Crippen LogP contribution in [-0.2, 0) is 16.1 Å². The van der Waals surface area contributed by atoms with Crippen LogP contribution in [0.15, 0.2) is 35.0 Å². The van der Waals surface area contributed by atoms with Gasteiger partial charge in [0.1, 0.15) is 6.04 Å². The first-order valence-corrected chi connectivity index (χ1v) is 7.53. The minimum atomic E-state index is -0.368. The van der Waals surface area contributed by atoms with E-state index in [-0.39, 0.29) is 12.0 Å². The average Bonchev–Trinajstić information content (AvgIpc) is 3.01. The first kappa shape index (κ1) is 13.3. The lowest BCUT2D eigenvalue weighted by Crippen LogP contribution is -2.29. The molecule has 2 aromatic rings. The van der Waals surface area contributed by atoms with Gasteiger partial charge >= 0.3 is 5.97 Å². The summed E-state index contributed by atoms with van der Waals surface area (Å²) in [6, 6.07) is 7.58. The van der Waals surface area contributed by atoms with E-state index in [1.54, 1.807) is 22.7 Å². The Labute approximate surface area is 114 Å². The van der Waals surface area contributed by atoms with Crippen LogP contribution in [0.25, 0.3) is 0 Å². The lowest BCUT2D eigenvalue weighted by molar-refractivity contribution is -0.145. The summed E-state index contributed by atoms with van der Waals surface area (Å²) in [5, 5.41) is 7.25. The number of hydrogen-bond donors (Lipinski definition) is 1. The van der Waals surface area contributed by atoms with E-state index in [4.69, 9.17) is 4.74 Å². The molecule has 0 saturated heterocycles. The number of hydrogen-bond acceptors (Lipinski definition) is 5. The number of esters is 1. The molecule has 0 amide bonds. The fourth-order valence-electron chi connectivity index (χ4n) is 1.60. The van der Waals surface area contributed by atoms with E-state index in [1.165, 1.54) is 4.88 Å². The van der Waals surface area contributed by atoms with Gasteiger partial charge in [0.2, 0.25) is 0 Å². The molecule has 0 aliphatic carbocycles. The molecular formula is C13H15NO2S2. The molecule has 5 heteroatoms. The molecule has 3 nitrogen and oxygen atoms in total. The van der Waals surface area contributed by atoms with Crippen molar-refractivity contribution in [3.63, 3.8) is 0 Å². The SMILES string of the molecule is CCOC(=O)C(NCc1cccs1)c1cccs1.